The lowest BCUT2D eigenvalue weighted by atomic mass is 9.83. The molecule has 1 saturated carbocycles. The van der Waals surface area contributed by atoms with Crippen LogP contribution in [-0.4, -0.2) is 16.2 Å². The number of hydrogen-bond donors (Lipinski definition) is 2. The fourth-order valence-corrected chi connectivity index (χ4v) is 2.58. The van der Waals surface area contributed by atoms with Crippen molar-refractivity contribution >= 4 is 5.97 Å². The van der Waals surface area contributed by atoms with E-state index in [0.29, 0.717) is 11.5 Å². The SMILES string of the molecule is O=C(O)Cc1ccc(C2CCCCC2)cc1O. The van der Waals surface area contributed by atoms with Gasteiger partial charge in [-0.15, -0.1) is 0 Å². The van der Waals surface area contributed by atoms with Gasteiger partial charge in [-0.3, -0.25) is 4.79 Å². The largest absolute Gasteiger partial charge is 0.508 e. The third-order valence-corrected chi connectivity index (χ3v) is 3.53. The van der Waals surface area contributed by atoms with Gasteiger partial charge in [-0.1, -0.05) is 31.4 Å². The maximum atomic E-state index is 10.6. The average Bonchev–Trinajstić information content (AvgIpc) is 2.32. The van der Waals surface area contributed by atoms with E-state index in [1.165, 1.54) is 32.1 Å². The fourth-order valence-electron chi connectivity index (χ4n) is 2.58. The molecule has 0 saturated heterocycles. The van der Waals surface area contributed by atoms with Crippen molar-refractivity contribution in [1.82, 2.24) is 0 Å². The molecule has 0 spiro atoms. The van der Waals surface area contributed by atoms with E-state index in [-0.39, 0.29) is 12.2 Å². The Labute approximate surface area is 101 Å². The highest BCUT2D eigenvalue weighted by molar-refractivity contribution is 5.71. The molecule has 0 unspecified atom stereocenters. The first-order chi connectivity index (χ1) is 8.16. The third-order valence-electron chi connectivity index (χ3n) is 3.53. The predicted molar refractivity (Wildman–Crippen MR) is 65.3 cm³/mol. The lowest BCUT2D eigenvalue weighted by molar-refractivity contribution is -0.136. The van der Waals surface area contributed by atoms with Gasteiger partial charge in [0.15, 0.2) is 0 Å². The molecular formula is C14H18O3. The van der Waals surface area contributed by atoms with Crippen LogP contribution in [0.5, 0.6) is 5.75 Å². The van der Waals surface area contributed by atoms with Crippen LogP contribution in [0.15, 0.2) is 18.2 Å². The number of aliphatic carboxylic acids is 1. The van der Waals surface area contributed by atoms with E-state index in [1.54, 1.807) is 12.1 Å². The van der Waals surface area contributed by atoms with E-state index >= 15 is 0 Å². The van der Waals surface area contributed by atoms with Gasteiger partial charge < -0.3 is 10.2 Å². The second-order valence-corrected chi connectivity index (χ2v) is 4.79. The lowest BCUT2D eigenvalue weighted by Crippen LogP contribution is -2.05. The van der Waals surface area contributed by atoms with Gasteiger partial charge in [0.2, 0.25) is 0 Å². The van der Waals surface area contributed by atoms with Crippen LogP contribution < -0.4 is 0 Å². The molecule has 2 rings (SSSR count). The Morgan fingerprint density at radius 2 is 1.94 bits per heavy atom. The molecule has 0 heterocycles. The first-order valence-corrected chi connectivity index (χ1v) is 6.20. The minimum atomic E-state index is -0.911. The van der Waals surface area contributed by atoms with E-state index in [0.717, 1.165) is 5.56 Å². The number of phenolic OH excluding ortho intramolecular Hbond substituents is 1. The van der Waals surface area contributed by atoms with Crippen molar-refractivity contribution in [2.75, 3.05) is 0 Å². The first-order valence-electron chi connectivity index (χ1n) is 6.20. The van der Waals surface area contributed by atoms with Crippen LogP contribution in [0, 0.1) is 0 Å². The Morgan fingerprint density at radius 3 is 2.53 bits per heavy atom. The summed E-state index contributed by atoms with van der Waals surface area (Å²) in [5.74, 6) is -0.255. The molecule has 92 valence electrons. The van der Waals surface area contributed by atoms with Crippen LogP contribution >= 0.6 is 0 Å². The second-order valence-electron chi connectivity index (χ2n) is 4.79. The number of benzene rings is 1. The fraction of sp³-hybridized carbons (Fsp3) is 0.500. The summed E-state index contributed by atoms with van der Waals surface area (Å²) in [6, 6.07) is 5.45. The number of carboxylic acids is 1. The molecule has 0 radical (unpaired) electrons. The van der Waals surface area contributed by atoms with Crippen LogP contribution in [0.4, 0.5) is 0 Å². The molecule has 3 heteroatoms. The molecular weight excluding hydrogens is 216 g/mol. The van der Waals surface area contributed by atoms with Gasteiger partial charge >= 0.3 is 5.97 Å². The van der Waals surface area contributed by atoms with Crippen LogP contribution in [0.1, 0.15) is 49.1 Å². The van der Waals surface area contributed by atoms with E-state index in [9.17, 15) is 9.90 Å². The molecule has 1 aromatic rings. The van der Waals surface area contributed by atoms with Crippen LogP contribution in [-0.2, 0) is 11.2 Å². The topological polar surface area (TPSA) is 57.5 Å². The molecule has 0 atom stereocenters. The van der Waals surface area contributed by atoms with Gasteiger partial charge in [-0.05, 0) is 30.4 Å². The standard InChI is InChI=1S/C14H18O3/c15-13-8-11(10-4-2-1-3-5-10)6-7-12(13)9-14(16)17/h6-8,10,15H,1-5,9H2,(H,16,17). The zero-order chi connectivity index (χ0) is 12.3. The minimum absolute atomic E-state index is 0.114. The number of aromatic hydroxyl groups is 1. The molecule has 0 aliphatic heterocycles. The van der Waals surface area contributed by atoms with Crippen molar-refractivity contribution in [2.24, 2.45) is 0 Å². The molecule has 0 bridgehead atoms. The van der Waals surface area contributed by atoms with E-state index in [1.807, 2.05) is 6.07 Å². The summed E-state index contributed by atoms with van der Waals surface area (Å²) >= 11 is 0. The third kappa shape index (κ3) is 2.99. The summed E-state index contributed by atoms with van der Waals surface area (Å²) in [6.45, 7) is 0. The minimum Gasteiger partial charge on any atom is -0.508 e. The summed E-state index contributed by atoms with van der Waals surface area (Å²) in [5, 5.41) is 18.5. The Hall–Kier alpha value is -1.51. The number of carboxylic acid groups (broad SMARTS) is 1. The summed E-state index contributed by atoms with van der Waals surface area (Å²) in [6.07, 6.45) is 6.05. The highest BCUT2D eigenvalue weighted by Gasteiger charge is 2.17. The van der Waals surface area contributed by atoms with Gasteiger partial charge in [-0.2, -0.15) is 0 Å². The molecule has 1 aromatic carbocycles. The quantitative estimate of drug-likeness (QED) is 0.845. The van der Waals surface area contributed by atoms with Gasteiger partial charge in [0.05, 0.1) is 6.42 Å². The number of carbonyl (C=O) groups is 1. The van der Waals surface area contributed by atoms with Crippen LogP contribution in [0.25, 0.3) is 0 Å². The maximum Gasteiger partial charge on any atom is 0.307 e. The van der Waals surface area contributed by atoms with Crippen molar-refractivity contribution in [3.05, 3.63) is 29.3 Å². The molecule has 2 N–H and O–H groups in total. The Balaban J connectivity index is 2.14. The van der Waals surface area contributed by atoms with Crippen LogP contribution in [0.2, 0.25) is 0 Å². The normalized spacial score (nSPS) is 16.9. The summed E-state index contributed by atoms with van der Waals surface area (Å²) in [5.41, 5.74) is 1.65. The molecule has 0 amide bonds. The monoisotopic (exact) mass is 234 g/mol. The lowest BCUT2D eigenvalue weighted by Gasteiger charge is -2.22. The van der Waals surface area contributed by atoms with E-state index < -0.39 is 5.97 Å². The highest BCUT2D eigenvalue weighted by Crippen LogP contribution is 2.34. The van der Waals surface area contributed by atoms with Gasteiger partial charge in [0, 0.05) is 5.56 Å². The Morgan fingerprint density at radius 1 is 1.24 bits per heavy atom. The molecule has 17 heavy (non-hydrogen) atoms. The smallest absolute Gasteiger partial charge is 0.307 e. The second kappa shape index (κ2) is 5.21. The summed E-state index contributed by atoms with van der Waals surface area (Å²) in [4.78, 5) is 10.6. The first kappa shape index (κ1) is 12.0. The summed E-state index contributed by atoms with van der Waals surface area (Å²) < 4.78 is 0. The Kier molecular flexibility index (Phi) is 3.67. The van der Waals surface area contributed by atoms with Gasteiger partial charge in [0.1, 0.15) is 5.75 Å². The van der Waals surface area contributed by atoms with Crippen molar-refractivity contribution < 1.29 is 15.0 Å². The van der Waals surface area contributed by atoms with Crippen molar-refractivity contribution in [3.63, 3.8) is 0 Å². The maximum absolute atomic E-state index is 10.6. The number of phenols is 1. The number of hydrogen-bond acceptors (Lipinski definition) is 2. The predicted octanol–water partition coefficient (Wildman–Crippen LogP) is 3.07. The summed E-state index contributed by atoms with van der Waals surface area (Å²) in [7, 11) is 0. The van der Waals surface area contributed by atoms with Crippen molar-refractivity contribution in [1.29, 1.82) is 0 Å². The highest BCUT2D eigenvalue weighted by atomic mass is 16.4. The van der Waals surface area contributed by atoms with E-state index in [2.05, 4.69) is 0 Å². The van der Waals surface area contributed by atoms with Gasteiger partial charge in [-0.25, -0.2) is 0 Å². The van der Waals surface area contributed by atoms with Crippen molar-refractivity contribution in [3.8, 4) is 5.75 Å². The molecule has 1 aliphatic carbocycles. The zero-order valence-corrected chi connectivity index (χ0v) is 9.85. The molecule has 0 aromatic heterocycles. The molecule has 1 aliphatic rings. The van der Waals surface area contributed by atoms with E-state index in [4.69, 9.17) is 5.11 Å². The van der Waals surface area contributed by atoms with Crippen LogP contribution in [0.3, 0.4) is 0 Å². The zero-order valence-electron chi connectivity index (χ0n) is 9.85. The average molecular weight is 234 g/mol. The number of rotatable bonds is 3. The van der Waals surface area contributed by atoms with Gasteiger partial charge in [0.25, 0.3) is 0 Å². The molecule has 1 fully saturated rings. The molecule has 3 nitrogen and oxygen atoms in total. The Bertz CT molecular complexity index is 406. The van der Waals surface area contributed by atoms with Crippen molar-refractivity contribution in [2.45, 2.75) is 44.4 Å².